The molecule has 1 N–H and O–H groups in total. The molecule has 1 fully saturated rings. The lowest BCUT2D eigenvalue weighted by molar-refractivity contribution is 0.00313. The van der Waals surface area contributed by atoms with E-state index in [9.17, 15) is 0 Å². The van der Waals surface area contributed by atoms with E-state index < -0.39 is 0 Å². The summed E-state index contributed by atoms with van der Waals surface area (Å²) in [6, 6.07) is 8.68. The molecular formula is C18H29NO2. The zero-order chi connectivity index (χ0) is 15.2. The van der Waals surface area contributed by atoms with Crippen molar-refractivity contribution in [2.75, 3.05) is 13.2 Å². The van der Waals surface area contributed by atoms with E-state index >= 15 is 0 Å². The Kier molecular flexibility index (Phi) is 6.07. The van der Waals surface area contributed by atoms with Crippen LogP contribution in [0.4, 0.5) is 0 Å². The van der Waals surface area contributed by atoms with E-state index in [4.69, 9.17) is 9.47 Å². The topological polar surface area (TPSA) is 30.5 Å². The summed E-state index contributed by atoms with van der Waals surface area (Å²) >= 11 is 0. The van der Waals surface area contributed by atoms with Crippen molar-refractivity contribution in [3.63, 3.8) is 0 Å². The maximum absolute atomic E-state index is 6.00. The van der Waals surface area contributed by atoms with Gasteiger partial charge in [0.05, 0.1) is 18.2 Å². The maximum atomic E-state index is 6.00. The minimum atomic E-state index is 0.172. The Labute approximate surface area is 129 Å². The molecule has 118 valence electrons. The molecule has 21 heavy (non-hydrogen) atoms. The number of benzene rings is 1. The molecule has 1 aliphatic carbocycles. The van der Waals surface area contributed by atoms with Crippen LogP contribution in [0.1, 0.15) is 52.1 Å². The Hall–Kier alpha value is -1.06. The molecule has 0 saturated heterocycles. The smallest absolute Gasteiger partial charge is 0.120 e. The van der Waals surface area contributed by atoms with Gasteiger partial charge in [0.25, 0.3) is 0 Å². The predicted octanol–water partition coefficient (Wildman–Crippen LogP) is 3.94. The van der Waals surface area contributed by atoms with E-state index in [1.54, 1.807) is 0 Å². The van der Waals surface area contributed by atoms with Crippen LogP contribution < -0.4 is 10.1 Å². The van der Waals surface area contributed by atoms with Gasteiger partial charge in [-0.3, -0.25) is 0 Å². The average Bonchev–Trinajstić information content (AvgIpc) is 3.26. The first-order chi connectivity index (χ1) is 10.2. The first kappa shape index (κ1) is 16.3. The fourth-order valence-corrected chi connectivity index (χ4v) is 2.67. The van der Waals surface area contributed by atoms with Gasteiger partial charge in [0, 0.05) is 6.61 Å². The van der Waals surface area contributed by atoms with Crippen LogP contribution in [0.2, 0.25) is 0 Å². The number of rotatable bonds is 9. The predicted molar refractivity (Wildman–Crippen MR) is 86.8 cm³/mol. The molecule has 3 nitrogen and oxygen atoms in total. The SMILES string of the molecule is CCNC(c1cccc(OC2CC2)c1)C(OCC)C(C)C. The summed E-state index contributed by atoms with van der Waals surface area (Å²) in [6.45, 7) is 10.3. The second kappa shape index (κ2) is 7.81. The third-order valence-electron chi connectivity index (χ3n) is 3.81. The average molecular weight is 291 g/mol. The van der Waals surface area contributed by atoms with E-state index in [2.05, 4.69) is 57.3 Å². The van der Waals surface area contributed by atoms with Crippen LogP contribution in [0.3, 0.4) is 0 Å². The lowest BCUT2D eigenvalue weighted by atomic mass is 9.93. The number of hydrogen-bond donors (Lipinski definition) is 1. The molecule has 0 aliphatic heterocycles. The Bertz CT molecular complexity index is 429. The molecule has 2 rings (SSSR count). The first-order valence-electron chi connectivity index (χ1n) is 8.27. The molecule has 0 aromatic heterocycles. The van der Waals surface area contributed by atoms with Gasteiger partial charge in [-0.1, -0.05) is 32.9 Å². The lowest BCUT2D eigenvalue weighted by Gasteiger charge is -2.31. The molecule has 1 aliphatic rings. The van der Waals surface area contributed by atoms with Gasteiger partial charge < -0.3 is 14.8 Å². The minimum Gasteiger partial charge on any atom is -0.490 e. The quantitative estimate of drug-likeness (QED) is 0.747. The number of likely N-dealkylation sites (N-methyl/N-ethyl adjacent to an activating group) is 1. The highest BCUT2D eigenvalue weighted by atomic mass is 16.5. The third-order valence-corrected chi connectivity index (χ3v) is 3.81. The van der Waals surface area contributed by atoms with Crippen molar-refractivity contribution in [1.29, 1.82) is 0 Å². The minimum absolute atomic E-state index is 0.172. The van der Waals surface area contributed by atoms with Gasteiger partial charge in [-0.25, -0.2) is 0 Å². The van der Waals surface area contributed by atoms with Gasteiger partial charge in [-0.15, -0.1) is 0 Å². The summed E-state index contributed by atoms with van der Waals surface area (Å²) in [7, 11) is 0. The van der Waals surface area contributed by atoms with Crippen LogP contribution in [0, 0.1) is 5.92 Å². The highest BCUT2D eigenvalue weighted by Gasteiger charge is 2.27. The normalized spacial score (nSPS) is 17.8. The molecule has 1 aromatic rings. The van der Waals surface area contributed by atoms with E-state index in [0.29, 0.717) is 12.0 Å². The van der Waals surface area contributed by atoms with Gasteiger partial charge in [0.2, 0.25) is 0 Å². The molecule has 0 amide bonds. The van der Waals surface area contributed by atoms with Crippen molar-refractivity contribution in [3.8, 4) is 5.75 Å². The van der Waals surface area contributed by atoms with Crippen molar-refractivity contribution in [1.82, 2.24) is 5.32 Å². The highest BCUT2D eigenvalue weighted by molar-refractivity contribution is 5.32. The standard InChI is InChI=1S/C18H29NO2/c1-5-19-17(18(13(3)4)20-6-2)14-8-7-9-16(12-14)21-15-10-11-15/h7-9,12-13,15,17-19H,5-6,10-11H2,1-4H3. The molecule has 0 heterocycles. The van der Waals surface area contributed by atoms with Crippen molar-refractivity contribution in [2.45, 2.75) is 58.8 Å². The molecule has 3 heteroatoms. The maximum Gasteiger partial charge on any atom is 0.120 e. The third kappa shape index (κ3) is 4.72. The van der Waals surface area contributed by atoms with E-state index in [0.717, 1.165) is 18.9 Å². The van der Waals surface area contributed by atoms with Crippen molar-refractivity contribution >= 4 is 0 Å². The van der Waals surface area contributed by atoms with E-state index in [-0.39, 0.29) is 12.1 Å². The van der Waals surface area contributed by atoms with Gasteiger partial charge in [-0.05, 0) is 49.9 Å². The van der Waals surface area contributed by atoms with Gasteiger partial charge in [0.1, 0.15) is 5.75 Å². The van der Waals surface area contributed by atoms with E-state index in [1.807, 2.05) is 0 Å². The first-order valence-corrected chi connectivity index (χ1v) is 8.27. The van der Waals surface area contributed by atoms with Crippen molar-refractivity contribution in [3.05, 3.63) is 29.8 Å². The zero-order valence-electron chi connectivity index (χ0n) is 13.8. The highest BCUT2D eigenvalue weighted by Crippen LogP contribution is 2.30. The van der Waals surface area contributed by atoms with Crippen LogP contribution in [0.15, 0.2) is 24.3 Å². The van der Waals surface area contributed by atoms with E-state index in [1.165, 1.54) is 18.4 Å². The summed E-state index contributed by atoms with van der Waals surface area (Å²) in [6.07, 6.45) is 2.99. The Balaban J connectivity index is 2.18. The Morgan fingerprint density at radius 2 is 2.00 bits per heavy atom. The molecule has 2 unspecified atom stereocenters. The lowest BCUT2D eigenvalue weighted by Crippen LogP contribution is -2.37. The molecule has 0 bridgehead atoms. The molecule has 1 saturated carbocycles. The van der Waals surface area contributed by atoms with Crippen LogP contribution in [0.25, 0.3) is 0 Å². The Morgan fingerprint density at radius 1 is 1.24 bits per heavy atom. The number of ether oxygens (including phenoxy) is 2. The second-order valence-corrected chi connectivity index (χ2v) is 6.09. The molecule has 0 radical (unpaired) electrons. The summed E-state index contributed by atoms with van der Waals surface area (Å²) in [5.74, 6) is 1.44. The summed E-state index contributed by atoms with van der Waals surface area (Å²) in [5.41, 5.74) is 1.25. The van der Waals surface area contributed by atoms with Crippen LogP contribution >= 0.6 is 0 Å². The van der Waals surface area contributed by atoms with Crippen molar-refractivity contribution in [2.24, 2.45) is 5.92 Å². The van der Waals surface area contributed by atoms with Gasteiger partial charge >= 0.3 is 0 Å². The summed E-state index contributed by atoms with van der Waals surface area (Å²) in [4.78, 5) is 0. The molecule has 1 aromatic carbocycles. The fraction of sp³-hybridized carbons (Fsp3) is 0.667. The van der Waals surface area contributed by atoms with Crippen LogP contribution in [0.5, 0.6) is 5.75 Å². The zero-order valence-corrected chi connectivity index (χ0v) is 13.8. The van der Waals surface area contributed by atoms with Crippen LogP contribution in [-0.4, -0.2) is 25.4 Å². The molecular weight excluding hydrogens is 262 g/mol. The molecule has 0 spiro atoms. The number of nitrogens with one attached hydrogen (secondary N) is 1. The number of hydrogen-bond acceptors (Lipinski definition) is 3. The van der Waals surface area contributed by atoms with Crippen molar-refractivity contribution < 1.29 is 9.47 Å². The van der Waals surface area contributed by atoms with Crippen LogP contribution in [-0.2, 0) is 4.74 Å². The Morgan fingerprint density at radius 3 is 2.57 bits per heavy atom. The fourth-order valence-electron chi connectivity index (χ4n) is 2.67. The van der Waals surface area contributed by atoms with Gasteiger partial charge in [-0.2, -0.15) is 0 Å². The monoisotopic (exact) mass is 291 g/mol. The molecule has 2 atom stereocenters. The largest absolute Gasteiger partial charge is 0.490 e. The summed E-state index contributed by atoms with van der Waals surface area (Å²) in [5, 5.41) is 3.58. The summed E-state index contributed by atoms with van der Waals surface area (Å²) < 4.78 is 11.9. The second-order valence-electron chi connectivity index (χ2n) is 6.09. The van der Waals surface area contributed by atoms with Gasteiger partial charge in [0.15, 0.2) is 0 Å².